The van der Waals surface area contributed by atoms with Crippen LogP contribution in [0.25, 0.3) is 22.5 Å². The third-order valence-electron chi connectivity index (χ3n) is 5.70. The molecule has 2 aromatic heterocycles. The second-order valence-electron chi connectivity index (χ2n) is 8.01. The standard InChI is InChI=1S/C25H24FN5O3/c1-2-3-4-7-19-12-18(25(33)34)14-23(32)31(19)15-17-11-10-16(13-22(17)26)20-8-5-6-9-21(20)24-27-29-30-28-24/h5-6,8-14H,2-4,7,15H2,1H3,(H,33,34)(H,27,28,29,30). The molecule has 2 heterocycles. The van der Waals surface area contributed by atoms with Gasteiger partial charge in [-0.2, -0.15) is 5.21 Å². The SMILES string of the molecule is CCCCCc1cc(C(=O)O)cc(=O)n1Cc1ccc(-c2ccccc2-c2nn[nH]n2)cc1F. The Bertz CT molecular complexity index is 1370. The number of aromatic carboxylic acids is 1. The highest BCUT2D eigenvalue weighted by atomic mass is 19.1. The van der Waals surface area contributed by atoms with Gasteiger partial charge in [0.2, 0.25) is 5.82 Å². The molecule has 0 bridgehead atoms. The van der Waals surface area contributed by atoms with Crippen LogP contribution in [0.15, 0.2) is 59.4 Å². The highest BCUT2D eigenvalue weighted by Crippen LogP contribution is 2.30. The van der Waals surface area contributed by atoms with E-state index < -0.39 is 17.3 Å². The van der Waals surface area contributed by atoms with Gasteiger partial charge in [0.25, 0.3) is 5.56 Å². The number of rotatable bonds is 9. The molecule has 0 atom stereocenters. The molecule has 174 valence electrons. The van der Waals surface area contributed by atoms with Crippen molar-refractivity contribution in [3.8, 4) is 22.5 Å². The van der Waals surface area contributed by atoms with Crippen molar-refractivity contribution in [2.45, 2.75) is 39.2 Å². The molecule has 0 unspecified atom stereocenters. The minimum Gasteiger partial charge on any atom is -0.478 e. The van der Waals surface area contributed by atoms with Crippen LogP contribution < -0.4 is 5.56 Å². The quantitative estimate of drug-likeness (QED) is 0.359. The second-order valence-corrected chi connectivity index (χ2v) is 8.01. The van der Waals surface area contributed by atoms with E-state index in [1.165, 1.54) is 16.7 Å². The number of hydrogen-bond donors (Lipinski definition) is 2. The van der Waals surface area contributed by atoms with Gasteiger partial charge in [0.05, 0.1) is 12.1 Å². The van der Waals surface area contributed by atoms with E-state index in [0.29, 0.717) is 34.6 Å². The van der Waals surface area contributed by atoms with Crippen LogP contribution in [0, 0.1) is 5.82 Å². The summed E-state index contributed by atoms with van der Waals surface area (Å²) in [5, 5.41) is 23.4. The number of carboxylic acids is 1. The third-order valence-corrected chi connectivity index (χ3v) is 5.70. The molecule has 0 fully saturated rings. The Balaban J connectivity index is 1.68. The zero-order chi connectivity index (χ0) is 24.1. The number of H-pyrrole nitrogens is 1. The maximum atomic E-state index is 15.2. The topological polar surface area (TPSA) is 114 Å². The Kier molecular flexibility index (Phi) is 6.91. The van der Waals surface area contributed by atoms with Crippen molar-refractivity contribution < 1.29 is 14.3 Å². The zero-order valence-corrected chi connectivity index (χ0v) is 18.7. The highest BCUT2D eigenvalue weighted by Gasteiger charge is 2.15. The largest absolute Gasteiger partial charge is 0.478 e. The van der Waals surface area contributed by atoms with Crippen LogP contribution in [0.2, 0.25) is 0 Å². The number of carbonyl (C=O) groups is 1. The van der Waals surface area contributed by atoms with Gasteiger partial charge < -0.3 is 9.67 Å². The van der Waals surface area contributed by atoms with E-state index in [1.807, 2.05) is 24.3 Å². The summed E-state index contributed by atoms with van der Waals surface area (Å²) in [6, 6.07) is 14.8. The molecule has 0 saturated heterocycles. The number of aromatic nitrogens is 5. The summed E-state index contributed by atoms with van der Waals surface area (Å²) in [7, 11) is 0. The van der Waals surface area contributed by atoms with Gasteiger partial charge in [-0.05, 0) is 41.3 Å². The third kappa shape index (κ3) is 4.93. The minimum atomic E-state index is -1.16. The lowest BCUT2D eigenvalue weighted by atomic mass is 9.98. The van der Waals surface area contributed by atoms with E-state index in [4.69, 9.17) is 0 Å². The van der Waals surface area contributed by atoms with Crippen LogP contribution in [-0.2, 0) is 13.0 Å². The van der Waals surface area contributed by atoms with Crippen molar-refractivity contribution in [1.29, 1.82) is 0 Å². The molecule has 0 radical (unpaired) electrons. The van der Waals surface area contributed by atoms with Gasteiger partial charge in [0.1, 0.15) is 5.82 Å². The summed E-state index contributed by atoms with van der Waals surface area (Å²) in [6.45, 7) is 2.08. The number of pyridine rings is 1. The minimum absolute atomic E-state index is 0.0127. The van der Waals surface area contributed by atoms with Crippen molar-refractivity contribution in [3.05, 3.63) is 87.6 Å². The Morgan fingerprint density at radius 3 is 2.56 bits per heavy atom. The molecule has 0 aliphatic rings. The van der Waals surface area contributed by atoms with Gasteiger partial charge in [-0.1, -0.05) is 56.2 Å². The summed E-state index contributed by atoms with van der Waals surface area (Å²) >= 11 is 0. The predicted molar refractivity (Wildman–Crippen MR) is 125 cm³/mol. The second kappa shape index (κ2) is 10.2. The monoisotopic (exact) mass is 461 g/mol. The molecule has 4 aromatic rings. The maximum Gasteiger partial charge on any atom is 0.335 e. The molecule has 8 nitrogen and oxygen atoms in total. The van der Waals surface area contributed by atoms with Crippen LogP contribution in [0.1, 0.15) is 47.8 Å². The molecule has 0 aliphatic heterocycles. The van der Waals surface area contributed by atoms with E-state index in [9.17, 15) is 14.7 Å². The summed E-state index contributed by atoms with van der Waals surface area (Å²) in [5.41, 5.74) is 2.50. The molecule has 0 aliphatic carbocycles. The molecule has 0 saturated carbocycles. The number of nitrogens with one attached hydrogen (secondary N) is 1. The van der Waals surface area contributed by atoms with Gasteiger partial charge in [-0.15, -0.1) is 10.2 Å². The molecule has 2 N–H and O–H groups in total. The molecular formula is C25H24FN5O3. The number of hydrogen-bond acceptors (Lipinski definition) is 5. The summed E-state index contributed by atoms with van der Waals surface area (Å²) in [6.07, 6.45) is 3.30. The molecule has 34 heavy (non-hydrogen) atoms. The first-order chi connectivity index (χ1) is 16.5. The van der Waals surface area contributed by atoms with Crippen LogP contribution in [-0.4, -0.2) is 36.3 Å². The Morgan fingerprint density at radius 1 is 1.09 bits per heavy atom. The van der Waals surface area contributed by atoms with Crippen molar-refractivity contribution in [1.82, 2.24) is 25.2 Å². The van der Waals surface area contributed by atoms with Gasteiger partial charge in [-0.3, -0.25) is 4.79 Å². The van der Waals surface area contributed by atoms with Crippen LogP contribution >= 0.6 is 0 Å². The zero-order valence-electron chi connectivity index (χ0n) is 18.7. The number of unbranched alkanes of at least 4 members (excludes halogenated alkanes) is 2. The van der Waals surface area contributed by atoms with Crippen LogP contribution in [0.5, 0.6) is 0 Å². The van der Waals surface area contributed by atoms with E-state index in [1.54, 1.807) is 12.1 Å². The maximum absolute atomic E-state index is 15.2. The van der Waals surface area contributed by atoms with Crippen molar-refractivity contribution in [2.75, 3.05) is 0 Å². The molecule has 0 spiro atoms. The number of carboxylic acid groups (broad SMARTS) is 1. The molecule has 4 rings (SSSR count). The smallest absolute Gasteiger partial charge is 0.335 e. The fourth-order valence-corrected chi connectivity index (χ4v) is 3.94. The molecular weight excluding hydrogens is 437 g/mol. The summed E-state index contributed by atoms with van der Waals surface area (Å²) < 4.78 is 16.7. The van der Waals surface area contributed by atoms with Crippen molar-refractivity contribution in [3.63, 3.8) is 0 Å². The van der Waals surface area contributed by atoms with E-state index >= 15 is 4.39 Å². The van der Waals surface area contributed by atoms with Gasteiger partial charge in [-0.25, -0.2) is 9.18 Å². The average Bonchev–Trinajstić information content (AvgIpc) is 3.37. The first-order valence-corrected chi connectivity index (χ1v) is 11.1. The Hall–Kier alpha value is -4.14. The van der Waals surface area contributed by atoms with Gasteiger partial charge >= 0.3 is 5.97 Å². The number of benzene rings is 2. The molecule has 0 amide bonds. The van der Waals surface area contributed by atoms with E-state index in [-0.39, 0.29) is 12.1 Å². The average molecular weight is 461 g/mol. The number of tetrazole rings is 1. The predicted octanol–water partition coefficient (Wildman–Crippen LogP) is 4.31. The highest BCUT2D eigenvalue weighted by molar-refractivity contribution is 5.87. The van der Waals surface area contributed by atoms with Gasteiger partial charge in [0, 0.05) is 22.9 Å². The van der Waals surface area contributed by atoms with Crippen molar-refractivity contribution in [2.24, 2.45) is 0 Å². The normalized spacial score (nSPS) is 11.0. The summed E-state index contributed by atoms with van der Waals surface area (Å²) in [5.74, 6) is -1.21. The number of halogens is 1. The first kappa shape index (κ1) is 23.0. The fraction of sp³-hybridized carbons (Fsp3) is 0.240. The summed E-state index contributed by atoms with van der Waals surface area (Å²) in [4.78, 5) is 24.2. The fourth-order valence-electron chi connectivity index (χ4n) is 3.94. The molecule has 9 heteroatoms. The van der Waals surface area contributed by atoms with Gasteiger partial charge in [0.15, 0.2) is 0 Å². The Morgan fingerprint density at radius 2 is 1.88 bits per heavy atom. The van der Waals surface area contributed by atoms with Crippen LogP contribution in [0.4, 0.5) is 4.39 Å². The lowest BCUT2D eigenvalue weighted by molar-refractivity contribution is 0.0696. The number of aromatic amines is 1. The van der Waals surface area contributed by atoms with E-state index in [2.05, 4.69) is 27.5 Å². The molecule has 2 aromatic carbocycles. The number of nitrogens with zero attached hydrogens (tertiary/aromatic N) is 4. The lowest BCUT2D eigenvalue weighted by Gasteiger charge is -2.15. The van der Waals surface area contributed by atoms with Crippen LogP contribution in [0.3, 0.4) is 0 Å². The first-order valence-electron chi connectivity index (χ1n) is 11.1. The van der Waals surface area contributed by atoms with Crippen molar-refractivity contribution >= 4 is 5.97 Å². The van der Waals surface area contributed by atoms with E-state index in [0.717, 1.165) is 30.9 Å². The lowest BCUT2D eigenvalue weighted by Crippen LogP contribution is -2.25. The number of aryl methyl sites for hydroxylation is 1. The Labute approximate surface area is 195 Å².